The van der Waals surface area contributed by atoms with Crippen LogP contribution in [-0.2, 0) is 9.59 Å². The first-order valence-electron chi connectivity index (χ1n) is 6.16. The van der Waals surface area contributed by atoms with Crippen molar-refractivity contribution in [3.05, 3.63) is 18.2 Å². The van der Waals surface area contributed by atoms with E-state index in [0.29, 0.717) is 17.2 Å². The van der Waals surface area contributed by atoms with Crippen LogP contribution in [0.2, 0.25) is 0 Å². The minimum atomic E-state index is -1.01. The number of methoxy groups -OCH3 is 2. The summed E-state index contributed by atoms with van der Waals surface area (Å²) >= 11 is 0. The minimum absolute atomic E-state index is 0.383. The van der Waals surface area contributed by atoms with Crippen LogP contribution < -0.4 is 14.8 Å². The van der Waals surface area contributed by atoms with E-state index < -0.39 is 17.8 Å². The number of nitrogens with one attached hydrogen (secondary N) is 1. The van der Waals surface area contributed by atoms with Gasteiger partial charge in [0.15, 0.2) is 0 Å². The van der Waals surface area contributed by atoms with E-state index in [0.717, 1.165) is 0 Å². The molecule has 2 N–H and O–H groups in total. The second kappa shape index (κ2) is 6.79. The van der Waals surface area contributed by atoms with Crippen molar-refractivity contribution in [2.24, 2.45) is 11.8 Å². The van der Waals surface area contributed by atoms with Gasteiger partial charge in [-0.15, -0.1) is 0 Å². The van der Waals surface area contributed by atoms with Gasteiger partial charge in [-0.2, -0.15) is 0 Å². The molecule has 1 aromatic carbocycles. The first-order chi connectivity index (χ1) is 9.40. The van der Waals surface area contributed by atoms with Gasteiger partial charge in [0, 0.05) is 12.0 Å². The Balaban J connectivity index is 2.91. The van der Waals surface area contributed by atoms with Gasteiger partial charge in [-0.05, 0) is 12.1 Å². The summed E-state index contributed by atoms with van der Waals surface area (Å²) in [5.41, 5.74) is 0.446. The van der Waals surface area contributed by atoms with Crippen LogP contribution in [0.15, 0.2) is 18.2 Å². The molecule has 0 aliphatic rings. The molecule has 0 aliphatic heterocycles. The monoisotopic (exact) mass is 281 g/mol. The maximum atomic E-state index is 12.1. The van der Waals surface area contributed by atoms with Gasteiger partial charge in [0.1, 0.15) is 11.5 Å². The predicted molar refractivity (Wildman–Crippen MR) is 74.1 cm³/mol. The lowest BCUT2D eigenvalue weighted by Crippen LogP contribution is -2.30. The fourth-order valence-corrected chi connectivity index (χ4v) is 1.60. The number of carbonyl (C=O) groups is 2. The van der Waals surface area contributed by atoms with Gasteiger partial charge < -0.3 is 19.9 Å². The fraction of sp³-hybridized carbons (Fsp3) is 0.429. The van der Waals surface area contributed by atoms with E-state index in [4.69, 9.17) is 14.6 Å². The molecule has 0 bridgehead atoms. The quantitative estimate of drug-likeness (QED) is 0.833. The topological polar surface area (TPSA) is 84.9 Å². The highest BCUT2D eigenvalue weighted by Crippen LogP contribution is 2.29. The number of rotatable bonds is 6. The molecule has 1 aromatic rings. The lowest BCUT2D eigenvalue weighted by Gasteiger charge is -2.17. The van der Waals surface area contributed by atoms with Crippen molar-refractivity contribution in [2.45, 2.75) is 13.8 Å². The van der Waals surface area contributed by atoms with E-state index in [-0.39, 0.29) is 5.91 Å². The van der Waals surface area contributed by atoms with Crippen molar-refractivity contribution >= 4 is 17.6 Å². The van der Waals surface area contributed by atoms with Gasteiger partial charge in [-0.25, -0.2) is 0 Å². The lowest BCUT2D eigenvalue weighted by molar-refractivity contribution is -0.145. The molecule has 0 saturated heterocycles. The summed E-state index contributed by atoms with van der Waals surface area (Å²) in [5.74, 6) is -1.78. The number of aliphatic carboxylic acids is 1. The number of carbonyl (C=O) groups excluding carboxylic acids is 1. The van der Waals surface area contributed by atoms with Gasteiger partial charge in [0.2, 0.25) is 5.91 Å². The Morgan fingerprint density at radius 3 is 2.30 bits per heavy atom. The summed E-state index contributed by atoms with van der Waals surface area (Å²) in [6.07, 6.45) is 0. The molecule has 0 heterocycles. The van der Waals surface area contributed by atoms with Crippen LogP contribution in [0.5, 0.6) is 11.5 Å². The van der Waals surface area contributed by atoms with E-state index >= 15 is 0 Å². The minimum Gasteiger partial charge on any atom is -0.497 e. The third kappa shape index (κ3) is 3.63. The average molecular weight is 281 g/mol. The second-order valence-corrected chi connectivity index (χ2v) is 4.47. The molecule has 0 aromatic heterocycles. The number of amides is 1. The van der Waals surface area contributed by atoms with Crippen LogP contribution in [0, 0.1) is 11.8 Å². The molecule has 110 valence electrons. The number of carboxylic acids is 1. The maximum absolute atomic E-state index is 12.1. The third-order valence-electron chi connectivity index (χ3n) is 3.22. The number of carboxylic acid groups (broad SMARTS) is 1. The second-order valence-electron chi connectivity index (χ2n) is 4.47. The molecule has 2 atom stereocenters. The third-order valence-corrected chi connectivity index (χ3v) is 3.22. The number of hydrogen-bond acceptors (Lipinski definition) is 4. The lowest BCUT2D eigenvalue weighted by atomic mass is 9.95. The number of benzene rings is 1. The highest BCUT2D eigenvalue weighted by molar-refractivity contribution is 5.96. The molecule has 0 radical (unpaired) electrons. The number of ether oxygens (including phenoxy) is 2. The van der Waals surface area contributed by atoms with Crippen molar-refractivity contribution < 1.29 is 24.2 Å². The molecule has 0 saturated carbocycles. The molecule has 0 spiro atoms. The van der Waals surface area contributed by atoms with Crippen molar-refractivity contribution in [3.8, 4) is 11.5 Å². The molecule has 20 heavy (non-hydrogen) atoms. The zero-order valence-electron chi connectivity index (χ0n) is 12.0. The van der Waals surface area contributed by atoms with Gasteiger partial charge in [-0.1, -0.05) is 13.8 Å². The molecular formula is C14H19NO5. The predicted octanol–water partition coefficient (Wildman–Crippen LogP) is 2.00. The highest BCUT2D eigenvalue weighted by Gasteiger charge is 2.26. The zero-order chi connectivity index (χ0) is 15.3. The van der Waals surface area contributed by atoms with Crippen LogP contribution in [-0.4, -0.2) is 31.2 Å². The standard InChI is InChI=1S/C14H19NO5/c1-8(9(2)14(17)18)13(16)15-11-7-10(19-3)5-6-12(11)20-4/h5-9H,1-4H3,(H,15,16)(H,17,18). The summed E-state index contributed by atoms with van der Waals surface area (Å²) in [7, 11) is 3.00. The average Bonchev–Trinajstić information content (AvgIpc) is 2.45. The summed E-state index contributed by atoms with van der Waals surface area (Å²) in [4.78, 5) is 23.0. The normalized spacial score (nSPS) is 13.2. The smallest absolute Gasteiger partial charge is 0.307 e. The Morgan fingerprint density at radius 2 is 1.80 bits per heavy atom. The van der Waals surface area contributed by atoms with Crippen LogP contribution in [0.25, 0.3) is 0 Å². The molecule has 0 fully saturated rings. The summed E-state index contributed by atoms with van der Waals surface area (Å²) < 4.78 is 10.2. The van der Waals surface area contributed by atoms with E-state index in [9.17, 15) is 9.59 Å². The van der Waals surface area contributed by atoms with Crippen molar-refractivity contribution in [1.29, 1.82) is 0 Å². The first-order valence-corrected chi connectivity index (χ1v) is 6.16. The van der Waals surface area contributed by atoms with E-state index in [2.05, 4.69) is 5.32 Å². The maximum Gasteiger partial charge on any atom is 0.307 e. The van der Waals surface area contributed by atoms with Gasteiger partial charge in [0.05, 0.1) is 25.8 Å². The molecule has 1 amide bonds. The van der Waals surface area contributed by atoms with Crippen LogP contribution >= 0.6 is 0 Å². The fourth-order valence-electron chi connectivity index (χ4n) is 1.60. The Bertz CT molecular complexity index is 500. The Labute approximate surface area is 117 Å². The Morgan fingerprint density at radius 1 is 1.15 bits per heavy atom. The van der Waals surface area contributed by atoms with E-state index in [1.165, 1.54) is 21.1 Å². The van der Waals surface area contributed by atoms with Gasteiger partial charge in [0.25, 0.3) is 0 Å². The van der Waals surface area contributed by atoms with E-state index in [1.54, 1.807) is 25.1 Å². The summed E-state index contributed by atoms with van der Waals surface area (Å²) in [5, 5.41) is 11.6. The van der Waals surface area contributed by atoms with Crippen LogP contribution in [0.4, 0.5) is 5.69 Å². The Hall–Kier alpha value is -2.24. The van der Waals surface area contributed by atoms with Gasteiger partial charge in [-0.3, -0.25) is 9.59 Å². The van der Waals surface area contributed by atoms with Gasteiger partial charge >= 0.3 is 5.97 Å². The van der Waals surface area contributed by atoms with Crippen LogP contribution in [0.1, 0.15) is 13.8 Å². The molecule has 0 aliphatic carbocycles. The molecule has 2 unspecified atom stereocenters. The SMILES string of the molecule is COc1ccc(OC)c(NC(=O)C(C)C(C)C(=O)O)c1. The van der Waals surface area contributed by atoms with E-state index in [1.807, 2.05) is 0 Å². The number of anilines is 1. The largest absolute Gasteiger partial charge is 0.497 e. The number of hydrogen-bond donors (Lipinski definition) is 2. The van der Waals surface area contributed by atoms with Crippen molar-refractivity contribution in [2.75, 3.05) is 19.5 Å². The molecule has 6 heteroatoms. The Kier molecular flexibility index (Phi) is 5.37. The summed E-state index contributed by atoms with van der Waals surface area (Å²) in [6.45, 7) is 3.07. The molecule has 6 nitrogen and oxygen atoms in total. The van der Waals surface area contributed by atoms with Crippen molar-refractivity contribution in [1.82, 2.24) is 0 Å². The first kappa shape index (κ1) is 15.8. The zero-order valence-corrected chi connectivity index (χ0v) is 12.0. The van der Waals surface area contributed by atoms with Crippen molar-refractivity contribution in [3.63, 3.8) is 0 Å². The molecular weight excluding hydrogens is 262 g/mol. The van der Waals surface area contributed by atoms with Crippen LogP contribution in [0.3, 0.4) is 0 Å². The summed E-state index contributed by atoms with van der Waals surface area (Å²) in [6, 6.07) is 4.99. The highest BCUT2D eigenvalue weighted by atomic mass is 16.5. The molecule has 1 rings (SSSR count).